The first-order valence-electron chi connectivity index (χ1n) is 9.48. The molecule has 1 fully saturated rings. The number of carbonyl (C=O) groups is 1. The van der Waals surface area contributed by atoms with E-state index >= 15 is 0 Å². The van der Waals surface area contributed by atoms with Crippen molar-refractivity contribution in [2.75, 3.05) is 4.90 Å². The van der Waals surface area contributed by atoms with E-state index < -0.39 is 0 Å². The van der Waals surface area contributed by atoms with Crippen molar-refractivity contribution in [3.63, 3.8) is 0 Å². The van der Waals surface area contributed by atoms with Gasteiger partial charge in [0.25, 0.3) is 0 Å². The summed E-state index contributed by atoms with van der Waals surface area (Å²) in [4.78, 5) is 14.5. The molecule has 0 spiro atoms. The largest absolute Gasteiger partial charge is 0.325 e. The van der Waals surface area contributed by atoms with Gasteiger partial charge in [-0.1, -0.05) is 30.3 Å². The van der Waals surface area contributed by atoms with Gasteiger partial charge >= 0.3 is 0 Å². The molecule has 5 nitrogen and oxygen atoms in total. The summed E-state index contributed by atoms with van der Waals surface area (Å²) in [6.45, 7) is 0. The number of aromatic nitrogens is 2. The second kappa shape index (κ2) is 6.83. The van der Waals surface area contributed by atoms with Gasteiger partial charge in [-0.3, -0.25) is 4.79 Å². The van der Waals surface area contributed by atoms with Crippen LogP contribution in [-0.2, 0) is 4.79 Å². The van der Waals surface area contributed by atoms with Crippen LogP contribution in [0.3, 0.4) is 0 Å². The zero-order chi connectivity index (χ0) is 20.0. The maximum Gasteiger partial charge on any atom is 0.229 e. The smallest absolute Gasteiger partial charge is 0.229 e. The first-order valence-corrected chi connectivity index (χ1v) is 9.48. The quantitative estimate of drug-likeness (QED) is 0.579. The van der Waals surface area contributed by atoms with Crippen molar-refractivity contribution in [1.29, 1.82) is 0 Å². The summed E-state index contributed by atoms with van der Waals surface area (Å²) in [7, 11) is 0. The van der Waals surface area contributed by atoms with Gasteiger partial charge in [-0.25, -0.2) is 9.07 Å². The summed E-state index contributed by atoms with van der Waals surface area (Å²) in [5.41, 5.74) is 9.80. The molecule has 5 rings (SSSR count). The van der Waals surface area contributed by atoms with Crippen LogP contribution in [0.15, 0.2) is 79.0 Å². The fourth-order valence-corrected chi connectivity index (χ4v) is 4.07. The highest BCUT2D eigenvalue weighted by atomic mass is 19.1. The fourth-order valence-electron chi connectivity index (χ4n) is 4.07. The lowest BCUT2D eigenvalue weighted by Crippen LogP contribution is -2.33. The Hall–Kier alpha value is -3.51. The Morgan fingerprint density at radius 2 is 1.69 bits per heavy atom. The maximum absolute atomic E-state index is 13.2. The number of amides is 1. The summed E-state index contributed by atoms with van der Waals surface area (Å²) in [5, 5.41) is 5.34. The molecular formula is C23H19FN4O. The number of halogens is 1. The van der Waals surface area contributed by atoms with Gasteiger partial charge in [0.15, 0.2) is 0 Å². The predicted molar refractivity (Wildman–Crippen MR) is 110 cm³/mol. The average Bonchev–Trinajstić information content (AvgIpc) is 3.28. The van der Waals surface area contributed by atoms with Crippen LogP contribution < -0.4 is 10.6 Å². The third-order valence-electron chi connectivity index (χ3n) is 5.40. The first kappa shape index (κ1) is 17.6. The second-order valence-corrected chi connectivity index (χ2v) is 7.26. The van der Waals surface area contributed by atoms with E-state index in [1.54, 1.807) is 27.9 Å². The molecule has 1 amide bonds. The highest BCUT2D eigenvalue weighted by Crippen LogP contribution is 2.37. The number of benzene rings is 3. The second-order valence-electron chi connectivity index (χ2n) is 7.26. The number of nitrogens with zero attached hydrogens (tertiary/aromatic N) is 3. The average molecular weight is 386 g/mol. The van der Waals surface area contributed by atoms with Crippen molar-refractivity contribution >= 4 is 22.5 Å². The molecule has 144 valence electrons. The van der Waals surface area contributed by atoms with Crippen LogP contribution in [0.5, 0.6) is 0 Å². The minimum absolute atomic E-state index is 0.0108. The summed E-state index contributed by atoms with van der Waals surface area (Å²) in [5.74, 6) is -0.278. The molecule has 2 heterocycles. The van der Waals surface area contributed by atoms with Crippen molar-refractivity contribution in [3.8, 4) is 5.69 Å². The van der Waals surface area contributed by atoms with Crippen LogP contribution in [0.2, 0.25) is 0 Å². The van der Waals surface area contributed by atoms with Crippen LogP contribution >= 0.6 is 0 Å². The molecule has 1 unspecified atom stereocenters. The van der Waals surface area contributed by atoms with E-state index in [2.05, 4.69) is 5.10 Å². The molecule has 0 aliphatic carbocycles. The summed E-state index contributed by atoms with van der Waals surface area (Å²) in [6.07, 6.45) is 2.06. The van der Waals surface area contributed by atoms with E-state index in [4.69, 9.17) is 5.73 Å². The Morgan fingerprint density at radius 3 is 2.45 bits per heavy atom. The fraction of sp³-hybridized carbons (Fsp3) is 0.130. The molecular weight excluding hydrogens is 367 g/mol. The summed E-state index contributed by atoms with van der Waals surface area (Å²) < 4.78 is 15.0. The molecule has 1 aromatic heterocycles. The molecule has 1 aliphatic heterocycles. The van der Waals surface area contributed by atoms with Crippen molar-refractivity contribution in [1.82, 2.24) is 9.78 Å². The van der Waals surface area contributed by atoms with Crippen LogP contribution in [0.1, 0.15) is 18.0 Å². The minimum atomic E-state index is -0.289. The molecule has 0 saturated carbocycles. The number of hydrogen-bond acceptors (Lipinski definition) is 3. The minimum Gasteiger partial charge on any atom is -0.325 e. The predicted octanol–water partition coefficient (Wildman–Crippen LogP) is 3.97. The van der Waals surface area contributed by atoms with Crippen LogP contribution in [0.4, 0.5) is 10.1 Å². The molecule has 0 radical (unpaired) electrons. The normalized spacial score (nSPS) is 19.2. The number of nitrogens with two attached hydrogens (primary N) is 1. The van der Waals surface area contributed by atoms with Crippen LogP contribution in [-0.4, -0.2) is 21.7 Å². The van der Waals surface area contributed by atoms with E-state index in [1.807, 2.05) is 48.5 Å². The Kier molecular flexibility index (Phi) is 4.14. The lowest BCUT2D eigenvalue weighted by atomic mass is 10.0. The molecule has 2 N–H and O–H groups in total. The van der Waals surface area contributed by atoms with Crippen molar-refractivity contribution in [3.05, 3.63) is 90.4 Å². The van der Waals surface area contributed by atoms with Gasteiger partial charge in [-0.2, -0.15) is 5.10 Å². The first-order chi connectivity index (χ1) is 14.1. The third kappa shape index (κ3) is 2.98. The number of carbonyl (C=O) groups excluding carboxylic acids is 1. The maximum atomic E-state index is 13.2. The van der Waals surface area contributed by atoms with Crippen molar-refractivity contribution < 1.29 is 9.18 Å². The van der Waals surface area contributed by atoms with Crippen molar-refractivity contribution in [2.45, 2.75) is 18.5 Å². The number of fused-ring (bicyclic) bond motifs is 1. The summed E-state index contributed by atoms with van der Waals surface area (Å²) in [6, 6.07) is 21.4. The molecule has 6 heteroatoms. The lowest BCUT2D eigenvalue weighted by Gasteiger charge is -2.27. The van der Waals surface area contributed by atoms with E-state index in [1.165, 1.54) is 12.1 Å². The molecule has 1 saturated heterocycles. The van der Waals surface area contributed by atoms with Gasteiger partial charge in [-0.15, -0.1) is 0 Å². The Balaban J connectivity index is 1.56. The van der Waals surface area contributed by atoms with Gasteiger partial charge in [0.1, 0.15) is 5.82 Å². The van der Waals surface area contributed by atoms with Gasteiger partial charge < -0.3 is 10.6 Å². The highest BCUT2D eigenvalue weighted by molar-refractivity contribution is 5.99. The molecule has 3 aromatic carbocycles. The molecule has 4 aromatic rings. The number of hydrogen-bond donors (Lipinski definition) is 1. The molecule has 1 aliphatic rings. The number of rotatable bonds is 3. The van der Waals surface area contributed by atoms with E-state index in [0.717, 1.165) is 27.8 Å². The Labute approximate surface area is 167 Å². The van der Waals surface area contributed by atoms with Gasteiger partial charge in [-0.05, 0) is 48.0 Å². The summed E-state index contributed by atoms with van der Waals surface area (Å²) >= 11 is 0. The molecule has 0 bridgehead atoms. The monoisotopic (exact) mass is 386 g/mol. The topological polar surface area (TPSA) is 64.2 Å². The Morgan fingerprint density at radius 1 is 0.966 bits per heavy atom. The van der Waals surface area contributed by atoms with Gasteiger partial charge in [0.2, 0.25) is 5.91 Å². The molecule has 29 heavy (non-hydrogen) atoms. The third-order valence-corrected chi connectivity index (χ3v) is 5.40. The van der Waals surface area contributed by atoms with Gasteiger partial charge in [0, 0.05) is 23.5 Å². The van der Waals surface area contributed by atoms with Crippen molar-refractivity contribution in [2.24, 2.45) is 5.73 Å². The SMILES string of the molecule is N[C@@H]1CC(=O)N(c2ccc3c(cnn3-c3ccc(F)cc3)c2)C1c1ccccc1. The molecule has 2 atom stereocenters. The van der Waals surface area contributed by atoms with Crippen LogP contribution in [0, 0.1) is 5.82 Å². The Bertz CT molecular complexity index is 1190. The zero-order valence-corrected chi connectivity index (χ0v) is 15.6. The highest BCUT2D eigenvalue weighted by Gasteiger charge is 2.39. The van der Waals surface area contributed by atoms with E-state index in [-0.39, 0.29) is 23.8 Å². The van der Waals surface area contributed by atoms with Crippen LogP contribution in [0.25, 0.3) is 16.6 Å². The number of anilines is 1. The van der Waals surface area contributed by atoms with Gasteiger partial charge in [0.05, 0.1) is 23.4 Å². The standard InChI is InChI=1S/C23H19FN4O/c24-17-6-8-18(9-7-17)28-21-11-10-19(12-16(21)14-26-28)27-22(29)13-20(25)23(27)15-4-2-1-3-5-15/h1-12,14,20,23H,13,25H2/t20-,23?/m1/s1. The zero-order valence-electron chi connectivity index (χ0n) is 15.6. The lowest BCUT2D eigenvalue weighted by molar-refractivity contribution is -0.117. The van der Waals surface area contributed by atoms with E-state index in [0.29, 0.717) is 6.42 Å². The van der Waals surface area contributed by atoms with E-state index in [9.17, 15) is 9.18 Å².